The van der Waals surface area contributed by atoms with Crippen LogP contribution in [0.4, 0.5) is 17.6 Å². The Morgan fingerprint density at radius 2 is 1.66 bits per heavy atom. The van der Waals surface area contributed by atoms with Gasteiger partial charge in [-0.05, 0) is 12.1 Å². The van der Waals surface area contributed by atoms with E-state index in [0.717, 1.165) is 39.8 Å². The van der Waals surface area contributed by atoms with Crippen molar-refractivity contribution >= 4 is 39.3 Å². The van der Waals surface area contributed by atoms with Crippen LogP contribution in [-0.2, 0) is 4.74 Å². The number of anilines is 3. The summed E-state index contributed by atoms with van der Waals surface area (Å²) >= 11 is 1.48. The van der Waals surface area contributed by atoms with Crippen LogP contribution in [0.25, 0.3) is 32.3 Å². The minimum atomic E-state index is 0.208. The normalized spacial score (nSPS) is 14.4. The Bertz CT molecular complexity index is 1150. The van der Waals surface area contributed by atoms with Gasteiger partial charge >= 0.3 is 0 Å². The first-order valence-corrected chi connectivity index (χ1v) is 9.80. The Kier molecular flexibility index (Phi) is 4.37. The van der Waals surface area contributed by atoms with Gasteiger partial charge in [-0.25, -0.2) is 29.9 Å². The fraction of sp³-hybridized carbons (Fsp3) is 0.222. The summed E-state index contributed by atoms with van der Waals surface area (Å²) in [5.74, 6) is 1.98. The first-order valence-electron chi connectivity index (χ1n) is 8.98. The first kappa shape index (κ1) is 17.6. The molecule has 29 heavy (non-hydrogen) atoms. The van der Waals surface area contributed by atoms with E-state index in [2.05, 4.69) is 19.9 Å². The van der Waals surface area contributed by atoms with Crippen molar-refractivity contribution in [3.63, 3.8) is 0 Å². The highest BCUT2D eigenvalue weighted by Gasteiger charge is 2.21. The molecule has 5 rings (SSSR count). The zero-order valence-electron chi connectivity index (χ0n) is 15.3. The maximum Gasteiger partial charge on any atom is 0.219 e. The van der Waals surface area contributed by atoms with Crippen LogP contribution in [0.5, 0.6) is 0 Å². The molecule has 0 unspecified atom stereocenters. The Balaban J connectivity index is 1.67. The van der Waals surface area contributed by atoms with Gasteiger partial charge in [-0.15, -0.1) is 0 Å². The summed E-state index contributed by atoms with van der Waals surface area (Å²) in [6, 6.07) is 3.66. The summed E-state index contributed by atoms with van der Waals surface area (Å²) in [5.41, 5.74) is 13.6. The van der Waals surface area contributed by atoms with Crippen molar-refractivity contribution < 1.29 is 4.74 Å². The van der Waals surface area contributed by atoms with E-state index in [1.54, 1.807) is 24.7 Å². The Hall–Kier alpha value is -3.44. The van der Waals surface area contributed by atoms with Gasteiger partial charge in [0.15, 0.2) is 11.6 Å². The quantitative estimate of drug-likeness (QED) is 0.514. The highest BCUT2D eigenvalue weighted by atomic mass is 32.1. The molecule has 4 aromatic rings. The Morgan fingerprint density at radius 3 is 2.38 bits per heavy atom. The summed E-state index contributed by atoms with van der Waals surface area (Å²) in [5, 5.41) is 0.807. The zero-order chi connectivity index (χ0) is 19.8. The lowest BCUT2D eigenvalue weighted by atomic mass is 10.3. The number of ether oxygens (including phenoxy) is 1. The number of nitrogen functional groups attached to an aromatic ring is 2. The van der Waals surface area contributed by atoms with Gasteiger partial charge in [-0.3, -0.25) is 0 Å². The van der Waals surface area contributed by atoms with E-state index in [9.17, 15) is 0 Å². The van der Waals surface area contributed by atoms with Gasteiger partial charge in [0.1, 0.15) is 21.2 Å². The molecule has 1 fully saturated rings. The third kappa shape index (κ3) is 3.41. The summed E-state index contributed by atoms with van der Waals surface area (Å²) in [7, 11) is 0. The van der Waals surface area contributed by atoms with Crippen LogP contribution in [0.15, 0.2) is 30.7 Å². The van der Waals surface area contributed by atoms with Crippen LogP contribution in [0.3, 0.4) is 0 Å². The predicted molar refractivity (Wildman–Crippen MR) is 111 cm³/mol. The number of pyridine rings is 1. The summed E-state index contributed by atoms with van der Waals surface area (Å²) in [4.78, 5) is 29.6. The molecule has 0 atom stereocenters. The summed E-state index contributed by atoms with van der Waals surface area (Å²) in [6.45, 7) is 2.76. The fourth-order valence-corrected chi connectivity index (χ4v) is 3.97. The smallest absolute Gasteiger partial charge is 0.219 e. The lowest BCUT2D eigenvalue weighted by Gasteiger charge is -2.28. The van der Waals surface area contributed by atoms with Crippen molar-refractivity contribution in [3.05, 3.63) is 30.7 Å². The number of hydrogen-bond donors (Lipinski definition) is 2. The average molecular weight is 407 g/mol. The molecule has 1 aliphatic heterocycles. The van der Waals surface area contributed by atoms with Crippen molar-refractivity contribution in [2.24, 2.45) is 0 Å². The van der Waals surface area contributed by atoms with E-state index in [0.29, 0.717) is 30.4 Å². The number of thiazole rings is 1. The molecule has 1 aliphatic rings. The van der Waals surface area contributed by atoms with Gasteiger partial charge in [0.25, 0.3) is 0 Å². The molecule has 5 heterocycles. The number of fused-ring (bicyclic) bond motifs is 1. The second kappa shape index (κ2) is 7.18. The van der Waals surface area contributed by atoms with E-state index in [1.165, 1.54) is 11.3 Å². The molecule has 0 amide bonds. The number of rotatable bonds is 3. The second-order valence-corrected chi connectivity index (χ2v) is 7.42. The van der Waals surface area contributed by atoms with Crippen LogP contribution in [0, 0.1) is 0 Å². The molecule has 0 saturated carbocycles. The molecule has 4 aromatic heterocycles. The van der Waals surface area contributed by atoms with Gasteiger partial charge in [-0.1, -0.05) is 11.3 Å². The molecule has 10 nitrogen and oxygen atoms in total. The van der Waals surface area contributed by atoms with Gasteiger partial charge in [0, 0.05) is 37.2 Å². The molecule has 0 aromatic carbocycles. The van der Waals surface area contributed by atoms with Crippen molar-refractivity contribution in [3.8, 4) is 22.0 Å². The topological polar surface area (TPSA) is 142 Å². The van der Waals surface area contributed by atoms with E-state index in [4.69, 9.17) is 31.2 Å². The third-order valence-corrected chi connectivity index (χ3v) is 5.51. The van der Waals surface area contributed by atoms with Crippen molar-refractivity contribution in [1.29, 1.82) is 0 Å². The number of aromatic nitrogens is 6. The summed E-state index contributed by atoms with van der Waals surface area (Å²) < 4.78 is 5.49. The zero-order valence-corrected chi connectivity index (χ0v) is 16.1. The van der Waals surface area contributed by atoms with E-state index < -0.39 is 0 Å². The molecular weight excluding hydrogens is 390 g/mol. The standard InChI is InChI=1S/C18H17N9OS/c19-12-2-1-10(7-21-12)16-24-13-15(27-3-5-28-6-4-27)25-14(26-17(13)29-16)11-8-22-18(20)23-9-11/h1-2,7-9H,3-6H2,(H2,19,21)(H2,20,22,23). The Morgan fingerprint density at radius 1 is 0.897 bits per heavy atom. The molecule has 146 valence electrons. The van der Waals surface area contributed by atoms with Crippen molar-refractivity contribution in [2.75, 3.05) is 42.7 Å². The lowest BCUT2D eigenvalue weighted by Crippen LogP contribution is -2.37. The molecule has 0 spiro atoms. The molecule has 4 N–H and O–H groups in total. The predicted octanol–water partition coefficient (Wildman–Crippen LogP) is 1.61. The molecule has 0 aliphatic carbocycles. The van der Waals surface area contributed by atoms with Gasteiger partial charge < -0.3 is 21.1 Å². The fourth-order valence-electron chi connectivity index (χ4n) is 3.04. The number of nitrogens with zero attached hydrogens (tertiary/aromatic N) is 7. The molecule has 0 radical (unpaired) electrons. The SMILES string of the molecule is Nc1ccc(-c2nc3c(N4CCOCC4)nc(-c4cnc(N)nc4)nc3s2)cn1. The minimum Gasteiger partial charge on any atom is -0.384 e. The molecular formula is C18H17N9OS. The van der Waals surface area contributed by atoms with Gasteiger partial charge in [-0.2, -0.15) is 0 Å². The Labute approximate surface area is 169 Å². The number of nitrogens with two attached hydrogens (primary N) is 2. The van der Waals surface area contributed by atoms with E-state index in [-0.39, 0.29) is 5.95 Å². The number of morpholine rings is 1. The third-order valence-electron chi connectivity index (χ3n) is 4.51. The van der Waals surface area contributed by atoms with Crippen LogP contribution < -0.4 is 16.4 Å². The summed E-state index contributed by atoms with van der Waals surface area (Å²) in [6.07, 6.45) is 4.96. The highest BCUT2D eigenvalue weighted by Crippen LogP contribution is 2.35. The lowest BCUT2D eigenvalue weighted by molar-refractivity contribution is 0.122. The first-order chi connectivity index (χ1) is 14.2. The van der Waals surface area contributed by atoms with E-state index >= 15 is 0 Å². The van der Waals surface area contributed by atoms with Crippen LogP contribution in [-0.4, -0.2) is 56.2 Å². The highest BCUT2D eigenvalue weighted by molar-refractivity contribution is 7.21. The molecule has 11 heteroatoms. The van der Waals surface area contributed by atoms with Crippen LogP contribution in [0.2, 0.25) is 0 Å². The van der Waals surface area contributed by atoms with Crippen molar-refractivity contribution in [1.82, 2.24) is 29.9 Å². The number of hydrogen-bond acceptors (Lipinski definition) is 11. The van der Waals surface area contributed by atoms with E-state index in [1.807, 2.05) is 6.07 Å². The van der Waals surface area contributed by atoms with Gasteiger partial charge in [0.05, 0.1) is 18.8 Å². The van der Waals surface area contributed by atoms with Crippen LogP contribution in [0.1, 0.15) is 0 Å². The monoisotopic (exact) mass is 407 g/mol. The maximum absolute atomic E-state index is 5.71. The van der Waals surface area contributed by atoms with Crippen molar-refractivity contribution in [2.45, 2.75) is 0 Å². The average Bonchev–Trinajstić information content (AvgIpc) is 3.19. The maximum atomic E-state index is 5.71. The minimum absolute atomic E-state index is 0.208. The molecule has 1 saturated heterocycles. The molecule has 0 bridgehead atoms. The van der Waals surface area contributed by atoms with Gasteiger partial charge in [0.2, 0.25) is 5.95 Å². The largest absolute Gasteiger partial charge is 0.384 e. The second-order valence-electron chi connectivity index (χ2n) is 6.44. The van der Waals surface area contributed by atoms with Crippen LogP contribution >= 0.6 is 11.3 Å².